The van der Waals surface area contributed by atoms with Crippen LogP contribution in [0.1, 0.15) is 0 Å². The summed E-state index contributed by atoms with van der Waals surface area (Å²) in [5.74, 6) is 0. The molecule has 0 aliphatic carbocycles. The molecule has 0 saturated carbocycles. The van der Waals surface area contributed by atoms with Gasteiger partial charge >= 0.3 is 0 Å². The number of hydrogen-bond acceptors (Lipinski definition) is 3. The van der Waals surface area contributed by atoms with Crippen molar-refractivity contribution in [3.63, 3.8) is 0 Å². The van der Waals surface area contributed by atoms with E-state index in [0.717, 1.165) is 25.3 Å². The van der Waals surface area contributed by atoms with Crippen molar-refractivity contribution >= 4 is 0 Å². The summed E-state index contributed by atoms with van der Waals surface area (Å²) in [5.41, 5.74) is 0.940. The number of nitrogens with zero attached hydrogens (tertiary/aromatic N) is 1. The molecule has 3 nitrogen and oxygen atoms in total. The van der Waals surface area contributed by atoms with Gasteiger partial charge in [-0.15, -0.1) is 0 Å². The van der Waals surface area contributed by atoms with E-state index in [4.69, 9.17) is 5.11 Å². The van der Waals surface area contributed by atoms with Crippen LogP contribution in [0.4, 0.5) is 0 Å². The van der Waals surface area contributed by atoms with E-state index in [1.54, 1.807) is 6.08 Å². The molecule has 1 heterocycles. The zero-order chi connectivity index (χ0) is 8.97. The fourth-order valence-electron chi connectivity index (χ4n) is 1.34. The Kier molecular flexibility index (Phi) is 3.31. The van der Waals surface area contributed by atoms with Gasteiger partial charge < -0.3 is 15.3 Å². The van der Waals surface area contributed by atoms with Crippen molar-refractivity contribution in [2.24, 2.45) is 0 Å². The highest BCUT2D eigenvalue weighted by molar-refractivity contribution is 5.11. The standard InChI is InChI=1S/C9H16N2O/c1-3-8(2)11-5-4-10-9(6-11)7-12/h3,9-10,12H,1-2,4-7H2. The van der Waals surface area contributed by atoms with Gasteiger partial charge in [-0.05, 0) is 6.08 Å². The van der Waals surface area contributed by atoms with Gasteiger partial charge in [-0.1, -0.05) is 13.2 Å². The monoisotopic (exact) mass is 168 g/mol. The highest BCUT2D eigenvalue weighted by Gasteiger charge is 2.17. The number of aliphatic hydroxyl groups is 1. The van der Waals surface area contributed by atoms with Crippen molar-refractivity contribution in [1.82, 2.24) is 10.2 Å². The van der Waals surface area contributed by atoms with Crippen LogP contribution in [0, 0.1) is 0 Å². The molecule has 1 fully saturated rings. The Morgan fingerprint density at radius 2 is 2.50 bits per heavy atom. The lowest BCUT2D eigenvalue weighted by Crippen LogP contribution is -2.51. The molecule has 1 aliphatic heterocycles. The quantitative estimate of drug-likeness (QED) is 0.580. The van der Waals surface area contributed by atoms with Crippen molar-refractivity contribution in [2.75, 3.05) is 26.2 Å². The summed E-state index contributed by atoms with van der Waals surface area (Å²) in [6.45, 7) is 10.4. The smallest absolute Gasteiger partial charge is 0.0601 e. The molecule has 1 rings (SSSR count). The van der Waals surface area contributed by atoms with Gasteiger partial charge in [0.25, 0.3) is 0 Å². The molecule has 0 amide bonds. The molecular weight excluding hydrogens is 152 g/mol. The Bertz CT molecular complexity index is 179. The number of aliphatic hydroxyl groups excluding tert-OH is 1. The molecule has 0 aromatic heterocycles. The first-order chi connectivity index (χ1) is 5.77. The van der Waals surface area contributed by atoms with Gasteiger partial charge in [0, 0.05) is 31.4 Å². The third kappa shape index (κ3) is 2.09. The molecule has 0 radical (unpaired) electrons. The van der Waals surface area contributed by atoms with Crippen LogP contribution in [0.25, 0.3) is 0 Å². The maximum absolute atomic E-state index is 8.92. The van der Waals surface area contributed by atoms with Gasteiger partial charge in [0.1, 0.15) is 0 Å². The van der Waals surface area contributed by atoms with Crippen LogP contribution < -0.4 is 5.32 Å². The Balaban J connectivity index is 2.45. The predicted octanol–water partition coefficient (Wildman–Crippen LogP) is -0.0478. The first-order valence-electron chi connectivity index (χ1n) is 4.18. The Morgan fingerprint density at radius 3 is 3.08 bits per heavy atom. The molecular formula is C9H16N2O. The second-order valence-electron chi connectivity index (χ2n) is 2.98. The minimum Gasteiger partial charge on any atom is -0.395 e. The summed E-state index contributed by atoms with van der Waals surface area (Å²) in [5, 5.41) is 12.1. The predicted molar refractivity (Wildman–Crippen MR) is 49.8 cm³/mol. The lowest BCUT2D eigenvalue weighted by molar-refractivity contribution is 0.175. The molecule has 12 heavy (non-hydrogen) atoms. The van der Waals surface area contributed by atoms with Gasteiger partial charge in [0.2, 0.25) is 0 Å². The van der Waals surface area contributed by atoms with E-state index in [1.165, 1.54) is 0 Å². The van der Waals surface area contributed by atoms with Gasteiger partial charge in [0.05, 0.1) is 6.61 Å². The highest BCUT2D eigenvalue weighted by atomic mass is 16.3. The highest BCUT2D eigenvalue weighted by Crippen LogP contribution is 2.06. The van der Waals surface area contributed by atoms with Crippen LogP contribution in [0.3, 0.4) is 0 Å². The van der Waals surface area contributed by atoms with Crippen LogP contribution in [-0.2, 0) is 0 Å². The molecule has 1 unspecified atom stereocenters. The van der Waals surface area contributed by atoms with Crippen molar-refractivity contribution in [3.05, 3.63) is 24.9 Å². The summed E-state index contributed by atoms with van der Waals surface area (Å²) >= 11 is 0. The van der Waals surface area contributed by atoms with E-state index in [9.17, 15) is 0 Å². The summed E-state index contributed by atoms with van der Waals surface area (Å²) in [6.07, 6.45) is 1.75. The number of hydrogen-bond donors (Lipinski definition) is 2. The van der Waals surface area contributed by atoms with Crippen LogP contribution in [0.5, 0.6) is 0 Å². The van der Waals surface area contributed by atoms with E-state index in [2.05, 4.69) is 23.4 Å². The lowest BCUT2D eigenvalue weighted by atomic mass is 10.2. The topological polar surface area (TPSA) is 35.5 Å². The summed E-state index contributed by atoms with van der Waals surface area (Å²) in [7, 11) is 0. The molecule has 3 heteroatoms. The van der Waals surface area contributed by atoms with Crippen molar-refractivity contribution in [1.29, 1.82) is 0 Å². The normalized spacial score (nSPS) is 23.8. The van der Waals surface area contributed by atoms with Crippen molar-refractivity contribution in [2.45, 2.75) is 6.04 Å². The molecule has 1 saturated heterocycles. The Morgan fingerprint density at radius 1 is 1.75 bits per heavy atom. The average molecular weight is 168 g/mol. The Hall–Kier alpha value is -0.800. The number of nitrogens with one attached hydrogen (secondary N) is 1. The number of piperazine rings is 1. The maximum Gasteiger partial charge on any atom is 0.0601 e. The van der Waals surface area contributed by atoms with Gasteiger partial charge in [-0.3, -0.25) is 0 Å². The molecule has 2 N–H and O–H groups in total. The third-order valence-electron chi connectivity index (χ3n) is 2.12. The van der Waals surface area contributed by atoms with E-state index >= 15 is 0 Å². The maximum atomic E-state index is 8.92. The summed E-state index contributed by atoms with van der Waals surface area (Å²) in [4.78, 5) is 2.13. The minimum atomic E-state index is 0.176. The zero-order valence-electron chi connectivity index (χ0n) is 7.29. The van der Waals surface area contributed by atoms with Gasteiger partial charge in [-0.2, -0.15) is 0 Å². The fourth-order valence-corrected chi connectivity index (χ4v) is 1.34. The molecule has 0 aromatic carbocycles. The molecule has 1 atom stereocenters. The third-order valence-corrected chi connectivity index (χ3v) is 2.12. The molecule has 68 valence electrons. The average Bonchev–Trinajstić information content (AvgIpc) is 2.17. The summed E-state index contributed by atoms with van der Waals surface area (Å²) in [6, 6.07) is 0.176. The first-order valence-corrected chi connectivity index (χ1v) is 4.18. The van der Waals surface area contributed by atoms with Gasteiger partial charge in [-0.25, -0.2) is 0 Å². The Labute approximate surface area is 73.4 Å². The van der Waals surface area contributed by atoms with Crippen molar-refractivity contribution in [3.8, 4) is 0 Å². The molecule has 0 aromatic rings. The van der Waals surface area contributed by atoms with E-state index in [1.807, 2.05) is 0 Å². The second-order valence-corrected chi connectivity index (χ2v) is 2.98. The summed E-state index contributed by atoms with van der Waals surface area (Å²) < 4.78 is 0. The molecule has 1 aliphatic rings. The number of rotatable bonds is 3. The van der Waals surface area contributed by atoms with E-state index in [-0.39, 0.29) is 12.6 Å². The van der Waals surface area contributed by atoms with Gasteiger partial charge in [0.15, 0.2) is 0 Å². The first kappa shape index (κ1) is 9.29. The molecule has 0 bridgehead atoms. The van der Waals surface area contributed by atoms with Crippen LogP contribution in [0.15, 0.2) is 24.9 Å². The van der Waals surface area contributed by atoms with E-state index < -0.39 is 0 Å². The second kappa shape index (κ2) is 4.28. The number of allylic oxidation sites excluding steroid dienone is 1. The largest absolute Gasteiger partial charge is 0.395 e. The van der Waals surface area contributed by atoms with E-state index in [0.29, 0.717) is 0 Å². The van der Waals surface area contributed by atoms with Crippen molar-refractivity contribution < 1.29 is 5.11 Å². The molecule has 0 spiro atoms. The lowest BCUT2D eigenvalue weighted by Gasteiger charge is -2.34. The SMILES string of the molecule is C=CC(=C)N1CCNC(CO)C1. The minimum absolute atomic E-state index is 0.176. The van der Waals surface area contributed by atoms with Crippen LogP contribution in [0.2, 0.25) is 0 Å². The van der Waals surface area contributed by atoms with Crippen LogP contribution in [-0.4, -0.2) is 42.3 Å². The fraction of sp³-hybridized carbons (Fsp3) is 0.556. The van der Waals surface area contributed by atoms with Crippen LogP contribution >= 0.6 is 0 Å². The zero-order valence-corrected chi connectivity index (χ0v) is 7.29.